The van der Waals surface area contributed by atoms with Crippen molar-refractivity contribution >= 4 is 21.9 Å². The summed E-state index contributed by atoms with van der Waals surface area (Å²) >= 11 is 0. The maximum Gasteiger partial charge on any atom is 0.242 e. The molecule has 2 aromatic carbocycles. The summed E-state index contributed by atoms with van der Waals surface area (Å²) in [7, 11) is 0.975. The van der Waals surface area contributed by atoms with Crippen LogP contribution in [0.5, 0.6) is 11.5 Å². The minimum Gasteiger partial charge on any atom is -0.493 e. The maximum atomic E-state index is 12.4. The number of ether oxygens (including phenoxy) is 2. The second-order valence-corrected chi connectivity index (χ2v) is 8.42. The van der Waals surface area contributed by atoms with Crippen molar-refractivity contribution in [2.75, 3.05) is 27.8 Å². The summed E-state index contributed by atoms with van der Waals surface area (Å²) in [5.74, 6) is 1.03. The summed E-state index contributed by atoms with van der Waals surface area (Å²) in [5, 5.41) is 0. The number of sulfonamides is 1. The van der Waals surface area contributed by atoms with Gasteiger partial charge in [-0.25, -0.2) is 12.7 Å². The van der Waals surface area contributed by atoms with Gasteiger partial charge in [0.05, 0.1) is 18.6 Å². The third-order valence-corrected chi connectivity index (χ3v) is 5.82. The number of rotatable bonds is 9. The fourth-order valence-electron chi connectivity index (χ4n) is 2.39. The van der Waals surface area contributed by atoms with Gasteiger partial charge in [0.15, 0.2) is 17.3 Å². The Kier molecular flexibility index (Phi) is 7.37. The van der Waals surface area contributed by atoms with E-state index in [2.05, 4.69) is 0 Å². The molecule has 150 valence electrons. The first-order chi connectivity index (χ1) is 13.3. The molecular formula is C21H25NO5S. The van der Waals surface area contributed by atoms with Crippen molar-refractivity contribution in [1.29, 1.82) is 0 Å². The highest BCUT2D eigenvalue weighted by Crippen LogP contribution is 2.28. The highest BCUT2D eigenvalue weighted by molar-refractivity contribution is 7.89. The van der Waals surface area contributed by atoms with Crippen LogP contribution in [-0.2, 0) is 10.0 Å². The molecular weight excluding hydrogens is 378 g/mol. The Hall–Kier alpha value is -2.64. The Morgan fingerprint density at radius 1 is 1.07 bits per heavy atom. The molecule has 2 rings (SSSR count). The Bertz CT molecular complexity index is 947. The molecule has 0 unspecified atom stereocenters. The minimum atomic E-state index is -3.51. The third kappa shape index (κ3) is 5.21. The largest absolute Gasteiger partial charge is 0.493 e. The molecule has 7 heteroatoms. The van der Waals surface area contributed by atoms with Crippen molar-refractivity contribution in [3.05, 3.63) is 59.7 Å². The lowest BCUT2D eigenvalue weighted by Crippen LogP contribution is -2.22. The van der Waals surface area contributed by atoms with E-state index in [1.54, 1.807) is 25.3 Å². The molecule has 0 atom stereocenters. The van der Waals surface area contributed by atoms with Crippen molar-refractivity contribution in [3.8, 4) is 11.5 Å². The van der Waals surface area contributed by atoms with Gasteiger partial charge in [0.25, 0.3) is 0 Å². The Balaban J connectivity index is 2.15. The van der Waals surface area contributed by atoms with Crippen LogP contribution in [0.15, 0.2) is 53.4 Å². The van der Waals surface area contributed by atoms with Crippen molar-refractivity contribution < 1.29 is 22.7 Å². The van der Waals surface area contributed by atoms with Gasteiger partial charge < -0.3 is 9.47 Å². The Labute approximate surface area is 166 Å². The molecule has 0 aromatic heterocycles. The lowest BCUT2D eigenvalue weighted by Gasteiger charge is -2.11. The van der Waals surface area contributed by atoms with Gasteiger partial charge in [0.1, 0.15) is 0 Å². The molecule has 6 nitrogen and oxygen atoms in total. The minimum absolute atomic E-state index is 0.144. The van der Waals surface area contributed by atoms with Crippen molar-refractivity contribution in [1.82, 2.24) is 4.31 Å². The summed E-state index contributed by atoms with van der Waals surface area (Å²) in [6, 6.07) is 11.3. The van der Waals surface area contributed by atoms with Crippen LogP contribution in [0.25, 0.3) is 6.08 Å². The number of nitrogens with zero attached hydrogens (tertiary/aromatic N) is 1. The molecule has 0 fully saturated rings. The van der Waals surface area contributed by atoms with Gasteiger partial charge in [-0.15, -0.1) is 0 Å². The van der Waals surface area contributed by atoms with Crippen LogP contribution in [0.2, 0.25) is 0 Å². The normalized spacial score (nSPS) is 11.8. The predicted octanol–water partition coefficient (Wildman–Crippen LogP) is 3.63. The highest BCUT2D eigenvalue weighted by atomic mass is 32.2. The van der Waals surface area contributed by atoms with Crippen LogP contribution in [0, 0.1) is 0 Å². The van der Waals surface area contributed by atoms with Gasteiger partial charge >= 0.3 is 0 Å². The second kappa shape index (κ2) is 9.52. The average Bonchev–Trinajstić information content (AvgIpc) is 2.70. The number of ketones is 1. The first-order valence-corrected chi connectivity index (χ1v) is 10.3. The number of methoxy groups -OCH3 is 1. The highest BCUT2D eigenvalue weighted by Gasteiger charge is 2.17. The first-order valence-electron chi connectivity index (χ1n) is 8.85. The fourth-order valence-corrected chi connectivity index (χ4v) is 3.29. The van der Waals surface area contributed by atoms with E-state index in [0.717, 1.165) is 16.3 Å². The second-order valence-electron chi connectivity index (χ2n) is 6.27. The summed E-state index contributed by atoms with van der Waals surface area (Å²) in [5.41, 5.74) is 1.20. The van der Waals surface area contributed by atoms with E-state index < -0.39 is 10.0 Å². The number of hydrogen-bond donors (Lipinski definition) is 0. The van der Waals surface area contributed by atoms with Crippen LogP contribution >= 0.6 is 0 Å². The zero-order valence-electron chi connectivity index (χ0n) is 16.5. The number of carbonyl (C=O) groups excluding carboxylic acids is 1. The summed E-state index contributed by atoms with van der Waals surface area (Å²) in [4.78, 5) is 12.5. The quantitative estimate of drug-likeness (QED) is 0.472. The van der Waals surface area contributed by atoms with Gasteiger partial charge in [-0.05, 0) is 54.5 Å². The molecule has 0 bridgehead atoms. The third-order valence-electron chi connectivity index (χ3n) is 3.99. The number of allylic oxidation sites excluding steroid dienone is 1. The molecule has 0 aliphatic heterocycles. The van der Waals surface area contributed by atoms with Gasteiger partial charge in [0.2, 0.25) is 10.0 Å². The van der Waals surface area contributed by atoms with Gasteiger partial charge in [-0.1, -0.05) is 19.1 Å². The van der Waals surface area contributed by atoms with Crippen molar-refractivity contribution in [2.45, 2.75) is 18.2 Å². The van der Waals surface area contributed by atoms with Crippen molar-refractivity contribution in [3.63, 3.8) is 0 Å². The van der Waals surface area contributed by atoms with E-state index in [1.807, 2.05) is 13.0 Å². The van der Waals surface area contributed by atoms with E-state index in [0.29, 0.717) is 23.7 Å². The van der Waals surface area contributed by atoms with Crippen LogP contribution in [0.3, 0.4) is 0 Å². The SMILES string of the molecule is CCCOc1ccc(/C=C/C(=O)c2ccc(S(=O)(=O)N(C)C)cc2)cc1OC. The molecule has 0 heterocycles. The monoisotopic (exact) mass is 403 g/mol. The zero-order chi connectivity index (χ0) is 20.7. The Morgan fingerprint density at radius 2 is 1.75 bits per heavy atom. The fraction of sp³-hybridized carbons (Fsp3) is 0.286. The smallest absolute Gasteiger partial charge is 0.242 e. The van der Waals surface area contributed by atoms with Crippen LogP contribution in [-0.4, -0.2) is 46.3 Å². The molecule has 0 radical (unpaired) electrons. The van der Waals surface area contributed by atoms with E-state index in [9.17, 15) is 13.2 Å². The summed E-state index contributed by atoms with van der Waals surface area (Å²) < 4.78 is 36.2. The van der Waals surface area contributed by atoms with Crippen LogP contribution < -0.4 is 9.47 Å². The number of benzene rings is 2. The van der Waals surface area contributed by atoms with E-state index >= 15 is 0 Å². The maximum absolute atomic E-state index is 12.4. The standard InChI is InChI=1S/C21H25NO5S/c1-5-14-27-20-13-7-16(15-21(20)26-4)6-12-19(23)17-8-10-18(11-9-17)28(24,25)22(2)3/h6-13,15H,5,14H2,1-4H3/b12-6+. The van der Waals surface area contributed by atoms with Gasteiger partial charge in [0, 0.05) is 19.7 Å². The lowest BCUT2D eigenvalue weighted by atomic mass is 10.1. The lowest BCUT2D eigenvalue weighted by molar-refractivity contribution is 0.104. The molecule has 0 spiro atoms. The van der Waals surface area contributed by atoms with Crippen molar-refractivity contribution in [2.24, 2.45) is 0 Å². The van der Waals surface area contributed by atoms with Crippen LogP contribution in [0.1, 0.15) is 29.3 Å². The molecule has 2 aromatic rings. The molecule has 0 aliphatic rings. The number of carbonyl (C=O) groups is 1. The van der Waals surface area contributed by atoms with Gasteiger partial charge in [-0.2, -0.15) is 0 Å². The molecule has 0 saturated heterocycles. The Morgan fingerprint density at radius 3 is 2.32 bits per heavy atom. The van der Waals surface area contributed by atoms with Gasteiger partial charge in [-0.3, -0.25) is 4.79 Å². The summed E-state index contributed by atoms with van der Waals surface area (Å²) in [6.07, 6.45) is 4.02. The molecule has 0 saturated carbocycles. The first kappa shape index (κ1) is 21.7. The number of hydrogen-bond acceptors (Lipinski definition) is 5. The van der Waals surface area contributed by atoms with E-state index in [-0.39, 0.29) is 10.7 Å². The summed E-state index contributed by atoms with van der Waals surface area (Å²) in [6.45, 7) is 2.63. The zero-order valence-corrected chi connectivity index (χ0v) is 17.3. The van der Waals surface area contributed by atoms with E-state index in [1.165, 1.54) is 44.4 Å². The molecule has 0 N–H and O–H groups in total. The molecule has 0 amide bonds. The van der Waals surface area contributed by atoms with E-state index in [4.69, 9.17) is 9.47 Å². The average molecular weight is 404 g/mol. The predicted molar refractivity (Wildman–Crippen MR) is 109 cm³/mol. The molecule has 0 aliphatic carbocycles. The topological polar surface area (TPSA) is 72.9 Å². The van der Waals surface area contributed by atoms with Crippen LogP contribution in [0.4, 0.5) is 0 Å². The molecule has 28 heavy (non-hydrogen) atoms.